The van der Waals surface area contributed by atoms with Crippen LogP contribution in [0.1, 0.15) is 11.3 Å². The molecule has 0 spiro atoms. The van der Waals surface area contributed by atoms with Crippen LogP contribution in [0.2, 0.25) is 0 Å². The van der Waals surface area contributed by atoms with Crippen LogP contribution in [0.25, 0.3) is 0 Å². The summed E-state index contributed by atoms with van der Waals surface area (Å²) in [4.78, 5) is 7.53. The van der Waals surface area contributed by atoms with Crippen LogP contribution in [-0.4, -0.2) is 24.6 Å². The highest BCUT2D eigenvalue weighted by Gasteiger charge is 2.11. The quantitative estimate of drug-likeness (QED) is 0.550. The molecule has 0 amide bonds. The fourth-order valence-electron chi connectivity index (χ4n) is 0.781. The normalized spacial score (nSPS) is 11.6. The van der Waals surface area contributed by atoms with Crippen LogP contribution in [0.15, 0.2) is 11.4 Å². The lowest BCUT2D eigenvalue weighted by Gasteiger charge is -2.01. The first-order valence-corrected chi connectivity index (χ1v) is 5.96. The number of rotatable bonds is 2. The minimum atomic E-state index is -3.32. The van der Waals surface area contributed by atoms with E-state index in [-0.39, 0.29) is 11.0 Å². The van der Waals surface area contributed by atoms with Crippen LogP contribution in [0.4, 0.5) is 0 Å². The second kappa shape index (κ2) is 3.59. The minimum Gasteiger partial charge on any atom is -0.226 e. The molecule has 0 aliphatic rings. The number of aromatic nitrogens is 2. The molecule has 0 bridgehead atoms. The van der Waals surface area contributed by atoms with E-state index in [0.29, 0.717) is 5.69 Å². The molecule has 4 nitrogen and oxygen atoms in total. The molecule has 0 aromatic carbocycles. The summed E-state index contributed by atoms with van der Waals surface area (Å²) in [6.07, 6.45) is 2.51. The Balaban J connectivity index is 3.26. The Hall–Kier alpha value is -0.680. The van der Waals surface area contributed by atoms with E-state index in [4.69, 9.17) is 11.6 Å². The lowest BCUT2D eigenvalue weighted by Crippen LogP contribution is -2.06. The molecule has 0 aliphatic carbocycles. The smallest absolute Gasteiger partial charge is 0.226 e. The maximum atomic E-state index is 11.0. The highest BCUT2D eigenvalue weighted by atomic mass is 35.5. The number of aryl methyl sites for hydroxylation is 1. The van der Waals surface area contributed by atoms with E-state index in [1.54, 1.807) is 6.92 Å². The van der Waals surface area contributed by atoms with Crippen LogP contribution in [0, 0.1) is 6.92 Å². The molecule has 0 N–H and O–H groups in total. The van der Waals surface area contributed by atoms with Crippen molar-refractivity contribution in [2.75, 3.05) is 6.26 Å². The van der Waals surface area contributed by atoms with Gasteiger partial charge in [0.15, 0.2) is 0 Å². The van der Waals surface area contributed by atoms with Gasteiger partial charge in [0, 0.05) is 23.7 Å². The summed E-state index contributed by atoms with van der Waals surface area (Å²) in [5.74, 6) is 0.288. The van der Waals surface area contributed by atoms with Crippen molar-refractivity contribution in [1.29, 1.82) is 0 Å². The first kappa shape index (κ1) is 10.4. The zero-order valence-electron chi connectivity index (χ0n) is 7.28. The summed E-state index contributed by atoms with van der Waals surface area (Å²) in [6.45, 7) is 1.70. The molecule has 1 aromatic rings. The maximum absolute atomic E-state index is 11.0. The van der Waals surface area contributed by atoms with E-state index in [9.17, 15) is 8.42 Å². The summed E-state index contributed by atoms with van der Waals surface area (Å²) >= 11 is 5.57. The summed E-state index contributed by atoms with van der Waals surface area (Å²) < 4.78 is 22.1. The first-order valence-electron chi connectivity index (χ1n) is 3.53. The van der Waals surface area contributed by atoms with Gasteiger partial charge in [-0.1, -0.05) is 0 Å². The highest BCUT2D eigenvalue weighted by molar-refractivity contribution is 7.90. The van der Waals surface area contributed by atoms with Gasteiger partial charge in [-0.3, -0.25) is 0 Å². The maximum Gasteiger partial charge on any atom is 0.246 e. The molecule has 13 heavy (non-hydrogen) atoms. The predicted octanol–water partition coefficient (Wildman–Crippen LogP) is 0.927. The van der Waals surface area contributed by atoms with Gasteiger partial charge in [0.25, 0.3) is 0 Å². The monoisotopic (exact) mass is 220 g/mol. The lowest BCUT2D eigenvalue weighted by atomic mass is 10.3. The van der Waals surface area contributed by atoms with Crippen molar-refractivity contribution < 1.29 is 8.42 Å². The average Bonchev–Trinajstić information content (AvgIpc) is 2.02. The largest absolute Gasteiger partial charge is 0.246 e. The van der Waals surface area contributed by atoms with Crippen molar-refractivity contribution in [2.45, 2.75) is 18.0 Å². The third-order valence-corrected chi connectivity index (χ3v) is 2.68. The zero-order valence-corrected chi connectivity index (χ0v) is 8.85. The molecular formula is C7H9ClN2O2S. The van der Waals surface area contributed by atoms with Crippen LogP contribution in [-0.2, 0) is 15.7 Å². The number of hydrogen-bond acceptors (Lipinski definition) is 4. The molecular weight excluding hydrogens is 212 g/mol. The van der Waals surface area contributed by atoms with Crippen molar-refractivity contribution in [3.63, 3.8) is 0 Å². The van der Waals surface area contributed by atoms with Crippen LogP contribution in [0.5, 0.6) is 0 Å². The standard InChI is InChI=1S/C7H9ClN2O2S/c1-5-6(3-8)4-9-7(10-5)13(2,11)12/h4H,3H2,1-2H3. The predicted molar refractivity (Wildman–Crippen MR) is 49.4 cm³/mol. The average molecular weight is 221 g/mol. The van der Waals surface area contributed by atoms with Crippen molar-refractivity contribution in [3.05, 3.63) is 17.5 Å². The Morgan fingerprint density at radius 2 is 2.15 bits per heavy atom. The number of hydrogen-bond donors (Lipinski definition) is 0. The fraction of sp³-hybridized carbons (Fsp3) is 0.429. The molecule has 0 aliphatic heterocycles. The second-order valence-corrected chi connectivity index (χ2v) is 4.85. The lowest BCUT2D eigenvalue weighted by molar-refractivity contribution is 0.592. The number of halogens is 1. The van der Waals surface area contributed by atoms with E-state index in [0.717, 1.165) is 11.8 Å². The molecule has 72 valence electrons. The highest BCUT2D eigenvalue weighted by Crippen LogP contribution is 2.09. The molecule has 0 atom stereocenters. The van der Waals surface area contributed by atoms with Crippen LogP contribution in [0.3, 0.4) is 0 Å². The Labute approximate surface area is 81.9 Å². The summed E-state index contributed by atoms with van der Waals surface area (Å²) in [5, 5.41) is -0.154. The van der Waals surface area contributed by atoms with Crippen LogP contribution < -0.4 is 0 Å². The van der Waals surface area contributed by atoms with Crippen molar-refractivity contribution in [3.8, 4) is 0 Å². The fourth-order valence-corrected chi connectivity index (χ4v) is 1.59. The minimum absolute atomic E-state index is 0.154. The third-order valence-electron chi connectivity index (χ3n) is 1.53. The molecule has 1 heterocycles. The van der Waals surface area contributed by atoms with Gasteiger partial charge in [0.05, 0.1) is 5.88 Å². The van der Waals surface area contributed by atoms with E-state index in [1.165, 1.54) is 6.20 Å². The number of sulfone groups is 1. The van der Waals surface area contributed by atoms with E-state index in [2.05, 4.69) is 9.97 Å². The molecule has 1 rings (SSSR count). The first-order chi connectivity index (χ1) is 5.95. The number of nitrogens with zero attached hydrogens (tertiary/aromatic N) is 2. The van der Waals surface area contributed by atoms with E-state index >= 15 is 0 Å². The summed E-state index contributed by atoms with van der Waals surface area (Å²) in [5.41, 5.74) is 1.35. The Morgan fingerprint density at radius 1 is 1.54 bits per heavy atom. The van der Waals surface area contributed by atoms with Gasteiger partial charge >= 0.3 is 0 Å². The Bertz CT molecular complexity index is 417. The Kier molecular flexibility index (Phi) is 2.87. The van der Waals surface area contributed by atoms with E-state index < -0.39 is 9.84 Å². The molecule has 0 saturated carbocycles. The van der Waals surface area contributed by atoms with Crippen molar-refractivity contribution >= 4 is 21.4 Å². The van der Waals surface area contributed by atoms with E-state index in [1.807, 2.05) is 0 Å². The van der Waals surface area contributed by atoms with Gasteiger partial charge < -0.3 is 0 Å². The van der Waals surface area contributed by atoms with Gasteiger partial charge in [-0.05, 0) is 6.92 Å². The van der Waals surface area contributed by atoms with Gasteiger partial charge in [-0.2, -0.15) is 0 Å². The van der Waals surface area contributed by atoms with Crippen molar-refractivity contribution in [2.24, 2.45) is 0 Å². The van der Waals surface area contributed by atoms with Gasteiger partial charge in [0.2, 0.25) is 15.0 Å². The Morgan fingerprint density at radius 3 is 2.54 bits per heavy atom. The summed E-state index contributed by atoms with van der Waals surface area (Å²) in [6, 6.07) is 0. The molecule has 0 unspecified atom stereocenters. The molecule has 0 radical (unpaired) electrons. The number of alkyl halides is 1. The topological polar surface area (TPSA) is 59.9 Å². The molecule has 6 heteroatoms. The van der Waals surface area contributed by atoms with Gasteiger partial charge in [-0.25, -0.2) is 18.4 Å². The third kappa shape index (κ3) is 2.38. The summed E-state index contributed by atoms with van der Waals surface area (Å²) in [7, 11) is -3.32. The molecule has 0 saturated heterocycles. The van der Waals surface area contributed by atoms with Gasteiger partial charge in [-0.15, -0.1) is 11.6 Å². The molecule has 1 aromatic heterocycles. The van der Waals surface area contributed by atoms with Crippen molar-refractivity contribution in [1.82, 2.24) is 9.97 Å². The van der Waals surface area contributed by atoms with Gasteiger partial charge in [0.1, 0.15) is 0 Å². The second-order valence-electron chi connectivity index (χ2n) is 2.67. The SMILES string of the molecule is Cc1nc(S(C)(=O)=O)ncc1CCl. The molecule has 0 fully saturated rings. The zero-order chi connectivity index (χ0) is 10.1. The van der Waals surface area contributed by atoms with Crippen LogP contribution >= 0.6 is 11.6 Å².